The highest BCUT2D eigenvalue weighted by Gasteiger charge is 2.14. The number of amidine groups is 2. The summed E-state index contributed by atoms with van der Waals surface area (Å²) in [6, 6.07) is 13.9. The SMILES string of the molecule is O=C(NCCCNC(=O)Nc1ccc(C2=NCC(O)CN2)cc1)Nc1ccc(C2=NCC(O)CN2)cc1. The van der Waals surface area contributed by atoms with Crippen LogP contribution in [0.3, 0.4) is 0 Å². The molecule has 4 amide bonds. The molecule has 0 saturated carbocycles. The predicted octanol–water partition coefficient (Wildman–Crippen LogP) is 0.441. The minimum absolute atomic E-state index is 0.333. The summed E-state index contributed by atoms with van der Waals surface area (Å²) in [4.78, 5) is 32.8. The van der Waals surface area contributed by atoms with Gasteiger partial charge in [-0.25, -0.2) is 9.59 Å². The van der Waals surface area contributed by atoms with Gasteiger partial charge < -0.3 is 42.1 Å². The number of hydrogen-bond donors (Lipinski definition) is 8. The summed E-state index contributed by atoms with van der Waals surface area (Å²) < 4.78 is 0. The van der Waals surface area contributed by atoms with Crippen LogP contribution in [0.1, 0.15) is 17.5 Å². The number of carbonyl (C=O) groups excluding carboxylic acids is 2. The highest BCUT2D eigenvalue weighted by atomic mass is 16.3. The Hall–Kier alpha value is -4.16. The summed E-state index contributed by atoms with van der Waals surface area (Å²) in [6.45, 7) is 2.46. The molecule has 0 aliphatic carbocycles. The fourth-order valence-corrected chi connectivity index (χ4v) is 3.72. The highest BCUT2D eigenvalue weighted by molar-refractivity contribution is 6.00. The van der Waals surface area contributed by atoms with Gasteiger partial charge in [0.05, 0.1) is 25.3 Å². The van der Waals surface area contributed by atoms with Crippen molar-refractivity contribution in [3.63, 3.8) is 0 Å². The molecule has 2 aliphatic rings. The van der Waals surface area contributed by atoms with Crippen molar-refractivity contribution in [3.8, 4) is 0 Å². The van der Waals surface area contributed by atoms with E-state index in [1.165, 1.54) is 0 Å². The predicted molar refractivity (Wildman–Crippen MR) is 142 cm³/mol. The van der Waals surface area contributed by atoms with Gasteiger partial charge in [-0.3, -0.25) is 9.98 Å². The number of benzene rings is 2. The maximum Gasteiger partial charge on any atom is 0.319 e. The second kappa shape index (κ2) is 12.7. The van der Waals surface area contributed by atoms with E-state index in [0.717, 1.165) is 22.8 Å². The monoisotopic (exact) mass is 508 g/mol. The molecule has 2 atom stereocenters. The van der Waals surface area contributed by atoms with Gasteiger partial charge in [0.1, 0.15) is 11.7 Å². The van der Waals surface area contributed by atoms with Crippen LogP contribution in [0.2, 0.25) is 0 Å². The Labute approximate surface area is 214 Å². The lowest BCUT2D eigenvalue weighted by Crippen LogP contribution is -2.39. The van der Waals surface area contributed by atoms with Crippen molar-refractivity contribution in [2.75, 3.05) is 49.9 Å². The van der Waals surface area contributed by atoms with Gasteiger partial charge in [0, 0.05) is 48.7 Å². The van der Waals surface area contributed by atoms with Crippen LogP contribution in [0.15, 0.2) is 58.5 Å². The number of β-amino-alcohol motifs (C(OH)–C–C–N with tert-alkyl or cyclic N) is 2. The van der Waals surface area contributed by atoms with Crippen LogP contribution in [-0.2, 0) is 0 Å². The Morgan fingerprint density at radius 2 is 1.14 bits per heavy atom. The van der Waals surface area contributed by atoms with Gasteiger partial charge in [-0.05, 0) is 55.0 Å². The molecule has 8 N–H and O–H groups in total. The van der Waals surface area contributed by atoms with Crippen LogP contribution < -0.4 is 31.9 Å². The fourth-order valence-electron chi connectivity index (χ4n) is 3.72. The molecule has 2 heterocycles. The molecular formula is C25H32N8O4. The van der Waals surface area contributed by atoms with E-state index in [1.54, 1.807) is 24.3 Å². The second-order valence-electron chi connectivity index (χ2n) is 8.72. The number of aliphatic hydroxyl groups excluding tert-OH is 2. The second-order valence-corrected chi connectivity index (χ2v) is 8.72. The number of hydrogen-bond acceptors (Lipinski definition) is 8. The fraction of sp³-hybridized carbons (Fsp3) is 0.360. The van der Waals surface area contributed by atoms with Gasteiger partial charge in [0.15, 0.2) is 0 Å². The van der Waals surface area contributed by atoms with Crippen molar-refractivity contribution in [2.24, 2.45) is 9.98 Å². The molecule has 4 rings (SSSR count). The Morgan fingerprint density at radius 1 is 0.730 bits per heavy atom. The van der Waals surface area contributed by atoms with Gasteiger partial charge in [-0.1, -0.05) is 0 Å². The van der Waals surface area contributed by atoms with E-state index in [9.17, 15) is 19.8 Å². The molecule has 0 radical (unpaired) electrons. The number of rotatable bonds is 8. The molecule has 196 valence electrons. The van der Waals surface area contributed by atoms with E-state index in [1.807, 2.05) is 24.3 Å². The van der Waals surface area contributed by atoms with E-state index in [0.29, 0.717) is 57.1 Å². The third-order valence-electron chi connectivity index (χ3n) is 5.69. The maximum atomic E-state index is 12.1. The van der Waals surface area contributed by atoms with Crippen molar-refractivity contribution in [2.45, 2.75) is 18.6 Å². The molecule has 0 fully saturated rings. The lowest BCUT2D eigenvalue weighted by Gasteiger charge is -2.19. The number of amides is 4. The number of carbonyl (C=O) groups is 2. The third kappa shape index (κ3) is 7.92. The van der Waals surface area contributed by atoms with Gasteiger partial charge in [0.25, 0.3) is 0 Å². The van der Waals surface area contributed by atoms with Gasteiger partial charge >= 0.3 is 12.1 Å². The molecule has 0 saturated heterocycles. The number of aliphatic imine (C=N–C) groups is 2. The molecule has 0 aromatic heterocycles. The first-order valence-electron chi connectivity index (χ1n) is 12.2. The number of nitrogens with one attached hydrogen (secondary N) is 6. The van der Waals surface area contributed by atoms with Crippen molar-refractivity contribution in [1.82, 2.24) is 21.3 Å². The lowest BCUT2D eigenvalue weighted by atomic mass is 10.1. The minimum Gasteiger partial charge on any atom is -0.389 e. The molecule has 0 spiro atoms. The molecule has 12 nitrogen and oxygen atoms in total. The van der Waals surface area contributed by atoms with Crippen molar-refractivity contribution >= 4 is 35.1 Å². The molecule has 0 bridgehead atoms. The molecule has 2 aliphatic heterocycles. The lowest BCUT2D eigenvalue weighted by molar-refractivity contribution is 0.181. The minimum atomic E-state index is -0.465. The third-order valence-corrected chi connectivity index (χ3v) is 5.69. The average Bonchev–Trinajstić information content (AvgIpc) is 2.90. The topological polar surface area (TPSA) is 172 Å². The number of nitrogens with zero attached hydrogens (tertiary/aromatic N) is 2. The summed E-state index contributed by atoms with van der Waals surface area (Å²) in [5.74, 6) is 1.45. The van der Waals surface area contributed by atoms with Crippen LogP contribution in [0, 0.1) is 0 Å². The summed E-state index contributed by atoms with van der Waals surface area (Å²) in [6.07, 6.45) is -0.367. The number of aliphatic hydroxyl groups is 2. The van der Waals surface area contributed by atoms with Crippen LogP contribution in [0.25, 0.3) is 0 Å². The quantitative estimate of drug-likeness (QED) is 0.240. The average molecular weight is 509 g/mol. The molecule has 37 heavy (non-hydrogen) atoms. The van der Waals surface area contributed by atoms with Crippen molar-refractivity contribution in [1.29, 1.82) is 0 Å². The van der Waals surface area contributed by atoms with Gasteiger partial charge in [0.2, 0.25) is 0 Å². The molecule has 2 unspecified atom stereocenters. The summed E-state index contributed by atoms with van der Waals surface area (Å²) >= 11 is 0. The largest absolute Gasteiger partial charge is 0.389 e. The zero-order chi connectivity index (χ0) is 26.0. The maximum absolute atomic E-state index is 12.1. The first-order chi connectivity index (χ1) is 18.0. The standard InChI is InChI=1S/C25H32N8O4/c34-20-12-28-22(29-13-20)16-2-6-18(7-3-16)32-24(36)26-10-1-11-27-25(37)33-19-8-4-17(5-9-19)23-30-14-21(35)15-31-23/h2-9,20-21,34-35H,1,10-15H2,(H,28,29)(H,30,31)(H2,26,32,36)(H2,27,33,37). The van der Waals surface area contributed by atoms with Crippen LogP contribution >= 0.6 is 0 Å². The van der Waals surface area contributed by atoms with Crippen molar-refractivity contribution < 1.29 is 19.8 Å². The Morgan fingerprint density at radius 3 is 1.49 bits per heavy atom. The normalized spacial score (nSPS) is 18.9. The van der Waals surface area contributed by atoms with Gasteiger partial charge in [-0.2, -0.15) is 0 Å². The van der Waals surface area contributed by atoms with E-state index in [4.69, 9.17) is 0 Å². The molecule has 2 aromatic rings. The van der Waals surface area contributed by atoms with E-state index in [2.05, 4.69) is 41.9 Å². The van der Waals surface area contributed by atoms with Crippen LogP contribution in [-0.4, -0.2) is 85.4 Å². The smallest absolute Gasteiger partial charge is 0.319 e. The van der Waals surface area contributed by atoms with Crippen LogP contribution in [0.4, 0.5) is 21.0 Å². The van der Waals surface area contributed by atoms with E-state index in [-0.39, 0.29) is 12.1 Å². The summed E-state index contributed by atoms with van der Waals surface area (Å²) in [5, 5.41) is 36.2. The Kier molecular flexibility index (Phi) is 8.89. The highest BCUT2D eigenvalue weighted by Crippen LogP contribution is 2.12. The first kappa shape index (κ1) is 25.9. The van der Waals surface area contributed by atoms with Crippen molar-refractivity contribution in [3.05, 3.63) is 59.7 Å². The van der Waals surface area contributed by atoms with Gasteiger partial charge in [-0.15, -0.1) is 0 Å². The Bertz CT molecular complexity index is 1040. The van der Waals surface area contributed by atoms with Crippen LogP contribution in [0.5, 0.6) is 0 Å². The Balaban J connectivity index is 1.10. The zero-order valence-electron chi connectivity index (χ0n) is 20.3. The summed E-state index contributed by atoms with van der Waals surface area (Å²) in [5.41, 5.74) is 3.05. The molecular weight excluding hydrogens is 476 g/mol. The number of anilines is 2. The zero-order valence-corrected chi connectivity index (χ0v) is 20.3. The van der Waals surface area contributed by atoms with E-state index < -0.39 is 12.2 Å². The molecule has 12 heteroatoms. The number of urea groups is 2. The van der Waals surface area contributed by atoms with E-state index >= 15 is 0 Å². The molecule has 2 aromatic carbocycles. The first-order valence-corrected chi connectivity index (χ1v) is 12.2. The summed E-state index contributed by atoms with van der Waals surface area (Å²) in [7, 11) is 0.